The largest absolute Gasteiger partial charge is 0.390 e. The first-order valence-corrected chi connectivity index (χ1v) is 12.9. The number of rotatable bonds is 11. The Morgan fingerprint density at radius 3 is 2.82 bits per heavy atom. The van der Waals surface area contributed by atoms with Crippen molar-refractivity contribution in [2.75, 3.05) is 23.1 Å². The summed E-state index contributed by atoms with van der Waals surface area (Å²) in [7, 11) is 0. The molecule has 11 heteroatoms. The summed E-state index contributed by atoms with van der Waals surface area (Å²) in [5.41, 5.74) is 3.04. The third kappa shape index (κ3) is 7.43. The zero-order valence-electron chi connectivity index (χ0n) is 18.6. The molecule has 0 bridgehead atoms. The molecule has 3 rings (SSSR count). The monoisotopic (exact) mass is 499 g/mol. The number of hydrogen-bond donors (Lipinski definition) is 1. The minimum absolute atomic E-state index is 0.192. The van der Waals surface area contributed by atoms with Crippen LogP contribution in [0.25, 0.3) is 5.69 Å². The fourth-order valence-corrected chi connectivity index (χ4v) is 5.50. The number of hydrogen-bond acceptors (Lipinski definition) is 6. The van der Waals surface area contributed by atoms with Crippen molar-refractivity contribution >= 4 is 35.1 Å². The highest BCUT2D eigenvalue weighted by atomic mass is 32.2. The topological polar surface area (TPSA) is 63.1 Å². The highest BCUT2D eigenvalue weighted by molar-refractivity contribution is 8.02. The summed E-state index contributed by atoms with van der Waals surface area (Å²) in [5.74, 6) is 0.821. The number of aromatic nitrogens is 3. The molecule has 1 aliphatic rings. The molecule has 1 aliphatic heterocycles. The van der Waals surface area contributed by atoms with Crippen LogP contribution in [0.5, 0.6) is 0 Å². The smallest absolute Gasteiger partial charge is 0.378 e. The molecule has 0 aromatic carbocycles. The quantitative estimate of drug-likeness (QED) is 0.461. The van der Waals surface area contributed by atoms with E-state index in [4.69, 9.17) is 0 Å². The second kappa shape index (κ2) is 11.8. The van der Waals surface area contributed by atoms with Gasteiger partial charge in [-0.1, -0.05) is 13.3 Å². The third-order valence-electron chi connectivity index (χ3n) is 5.02. The first-order chi connectivity index (χ1) is 15.8. The molecule has 0 saturated carbocycles. The number of aryl methyl sites for hydroxylation is 1. The van der Waals surface area contributed by atoms with Gasteiger partial charge < -0.3 is 10.2 Å². The molecule has 2 aromatic heterocycles. The molecular weight excluding hydrogens is 471 g/mol. The Morgan fingerprint density at radius 2 is 2.21 bits per heavy atom. The zero-order valence-corrected chi connectivity index (χ0v) is 20.3. The third-order valence-corrected chi connectivity index (χ3v) is 7.06. The predicted molar refractivity (Wildman–Crippen MR) is 129 cm³/mol. The van der Waals surface area contributed by atoms with Gasteiger partial charge in [0, 0.05) is 35.9 Å². The molecule has 3 heterocycles. The van der Waals surface area contributed by atoms with Gasteiger partial charge in [-0.2, -0.15) is 30.0 Å². The summed E-state index contributed by atoms with van der Waals surface area (Å²) in [5, 5.41) is 8.83. The first-order valence-electron chi connectivity index (χ1n) is 10.8. The fraction of sp³-hybridized carbons (Fsp3) is 0.500. The van der Waals surface area contributed by atoms with Crippen LogP contribution in [0.4, 0.5) is 18.9 Å². The molecular formula is C22H28F3N5OS2. The lowest BCUT2D eigenvalue weighted by molar-refractivity contribution is -0.135. The van der Waals surface area contributed by atoms with E-state index in [1.54, 1.807) is 46.0 Å². The van der Waals surface area contributed by atoms with E-state index >= 15 is 0 Å². The number of pyridine rings is 1. The van der Waals surface area contributed by atoms with E-state index in [9.17, 15) is 18.0 Å². The van der Waals surface area contributed by atoms with Crippen LogP contribution in [0.3, 0.4) is 0 Å². The molecule has 180 valence electrons. The lowest BCUT2D eigenvalue weighted by Gasteiger charge is -2.24. The number of carbonyl (C=O) groups is 1. The Kier molecular flexibility index (Phi) is 9.13. The summed E-state index contributed by atoms with van der Waals surface area (Å²) < 4.78 is 41.3. The van der Waals surface area contributed by atoms with E-state index in [0.29, 0.717) is 24.4 Å². The summed E-state index contributed by atoms with van der Waals surface area (Å²) in [6.45, 7) is 4.19. The van der Waals surface area contributed by atoms with Crippen molar-refractivity contribution in [2.45, 2.75) is 51.0 Å². The Labute approximate surface area is 200 Å². The molecule has 0 fully saturated rings. The van der Waals surface area contributed by atoms with Gasteiger partial charge in [0.1, 0.15) is 0 Å². The van der Waals surface area contributed by atoms with E-state index in [-0.39, 0.29) is 12.3 Å². The van der Waals surface area contributed by atoms with Crippen LogP contribution in [-0.4, -0.2) is 50.3 Å². The molecule has 33 heavy (non-hydrogen) atoms. The number of nitrogens with zero attached hydrogens (tertiary/aromatic N) is 4. The fourth-order valence-electron chi connectivity index (χ4n) is 3.51. The van der Waals surface area contributed by atoms with Crippen molar-refractivity contribution in [2.24, 2.45) is 0 Å². The van der Waals surface area contributed by atoms with Crippen LogP contribution >= 0.6 is 23.5 Å². The number of halogens is 3. The van der Waals surface area contributed by atoms with E-state index in [1.807, 2.05) is 25.3 Å². The Morgan fingerprint density at radius 1 is 1.39 bits per heavy atom. The maximum Gasteiger partial charge on any atom is 0.390 e. The predicted octanol–water partition coefficient (Wildman–Crippen LogP) is 5.15. The van der Waals surface area contributed by atoms with Crippen LogP contribution < -0.4 is 10.2 Å². The molecule has 1 unspecified atom stereocenters. The molecule has 6 nitrogen and oxygen atoms in total. The van der Waals surface area contributed by atoms with Gasteiger partial charge in [-0.25, -0.2) is 4.68 Å². The maximum absolute atomic E-state index is 13.2. The van der Waals surface area contributed by atoms with E-state index in [1.165, 1.54) is 11.8 Å². The molecule has 1 atom stereocenters. The molecule has 2 aromatic rings. The van der Waals surface area contributed by atoms with Gasteiger partial charge in [0.25, 0.3) is 0 Å². The van der Waals surface area contributed by atoms with Crippen LogP contribution in [-0.2, 0) is 11.2 Å². The second-order valence-electron chi connectivity index (χ2n) is 7.59. The Balaban J connectivity index is 1.79. The van der Waals surface area contributed by atoms with Crippen molar-refractivity contribution in [3.63, 3.8) is 0 Å². The minimum atomic E-state index is -4.33. The van der Waals surface area contributed by atoms with Crippen molar-refractivity contribution in [1.29, 1.82) is 0 Å². The molecule has 0 saturated heterocycles. The van der Waals surface area contributed by atoms with Crippen LogP contribution in [0.15, 0.2) is 41.8 Å². The number of carbonyl (C=O) groups excluding carboxylic acids is 1. The average molecular weight is 500 g/mol. The lowest BCUT2D eigenvalue weighted by Crippen LogP contribution is -2.34. The zero-order chi connectivity index (χ0) is 23.8. The minimum Gasteiger partial charge on any atom is -0.378 e. The number of amides is 1. The maximum atomic E-state index is 13.2. The number of thioether (sulfide) groups is 2. The summed E-state index contributed by atoms with van der Waals surface area (Å²) in [6.07, 6.45) is 1.06. The normalized spacial score (nSPS) is 14.6. The number of nitrogens with one attached hydrogen (secondary N) is 1. The summed E-state index contributed by atoms with van der Waals surface area (Å²) >= 11 is 2.75. The van der Waals surface area contributed by atoms with E-state index < -0.39 is 17.8 Å². The van der Waals surface area contributed by atoms with Gasteiger partial charge in [-0.05, 0) is 30.9 Å². The molecule has 1 N–H and O–H groups in total. The average Bonchev–Trinajstić information content (AvgIpc) is 3.43. The summed E-state index contributed by atoms with van der Waals surface area (Å²) in [4.78, 5) is 18.9. The molecule has 0 spiro atoms. The number of anilines is 1. The van der Waals surface area contributed by atoms with Gasteiger partial charge in [-0.15, -0.1) is 11.8 Å². The van der Waals surface area contributed by atoms with E-state index in [0.717, 1.165) is 29.4 Å². The van der Waals surface area contributed by atoms with Crippen LogP contribution in [0.2, 0.25) is 0 Å². The second-order valence-corrected chi connectivity index (χ2v) is 9.74. The molecule has 0 aliphatic carbocycles. The van der Waals surface area contributed by atoms with Gasteiger partial charge in [0.2, 0.25) is 5.91 Å². The van der Waals surface area contributed by atoms with Crippen molar-refractivity contribution < 1.29 is 18.0 Å². The first kappa shape index (κ1) is 25.5. The van der Waals surface area contributed by atoms with Crippen molar-refractivity contribution in [1.82, 2.24) is 20.1 Å². The van der Waals surface area contributed by atoms with Crippen LogP contribution in [0.1, 0.15) is 38.8 Å². The van der Waals surface area contributed by atoms with Gasteiger partial charge in [0.15, 0.2) is 0 Å². The summed E-state index contributed by atoms with van der Waals surface area (Å²) in [6, 6.07) is 3.66. The Bertz CT molecular complexity index is 949. The van der Waals surface area contributed by atoms with Gasteiger partial charge in [-0.3, -0.25) is 9.78 Å². The highest BCUT2D eigenvalue weighted by Gasteiger charge is 2.34. The van der Waals surface area contributed by atoms with E-state index in [2.05, 4.69) is 15.4 Å². The lowest BCUT2D eigenvalue weighted by atomic mass is 10.1. The highest BCUT2D eigenvalue weighted by Crippen LogP contribution is 2.33. The SMILES string of the molecule is CCCc1nn(-c2cccnc2)cc1N(CC)C(=O)CC(CC(F)(F)F)SCC1=CSCN1. The van der Waals surface area contributed by atoms with Gasteiger partial charge in [0.05, 0.1) is 41.8 Å². The molecule has 0 radical (unpaired) electrons. The number of alkyl halides is 3. The molecule has 1 amide bonds. The van der Waals surface area contributed by atoms with Crippen molar-refractivity contribution in [3.05, 3.63) is 47.5 Å². The van der Waals surface area contributed by atoms with Crippen molar-refractivity contribution in [3.8, 4) is 5.69 Å². The Hall–Kier alpha value is -2.14. The van der Waals surface area contributed by atoms with Crippen LogP contribution in [0, 0.1) is 0 Å². The van der Waals surface area contributed by atoms with Gasteiger partial charge >= 0.3 is 6.18 Å². The standard InChI is InChI=1S/C22H28F3N5OS2/c1-3-6-19-20(12-30(28-19)17-7-5-8-26-11-17)29(4-2)21(31)9-18(10-22(23,24)25)33-14-16-13-32-15-27-16/h5,7-8,11-13,18,27H,3-4,6,9-10,14-15H2,1-2H3.